The van der Waals surface area contributed by atoms with Gasteiger partial charge in [-0.05, 0) is 38.3 Å². The minimum atomic E-state index is 0.0382. The van der Waals surface area contributed by atoms with Gasteiger partial charge in [-0.15, -0.1) is 0 Å². The number of aromatic nitrogens is 3. The molecule has 0 aliphatic rings. The van der Waals surface area contributed by atoms with Crippen LogP contribution in [0.2, 0.25) is 0 Å². The topological polar surface area (TPSA) is 73.9 Å². The van der Waals surface area contributed by atoms with Crippen LogP contribution in [0.25, 0.3) is 11.0 Å². The molecule has 0 aliphatic heterocycles. The first kappa shape index (κ1) is 14.5. The molecule has 0 aliphatic carbocycles. The van der Waals surface area contributed by atoms with Crippen LogP contribution >= 0.6 is 0 Å². The van der Waals surface area contributed by atoms with Crippen LogP contribution in [0.3, 0.4) is 0 Å². The molecule has 0 bridgehead atoms. The van der Waals surface area contributed by atoms with E-state index >= 15 is 0 Å². The van der Waals surface area contributed by atoms with Gasteiger partial charge in [0.05, 0.1) is 11.5 Å². The monoisotopic (exact) mass is 274 g/mol. The first-order valence-electron chi connectivity index (χ1n) is 7.19. The van der Waals surface area contributed by atoms with Crippen LogP contribution in [-0.4, -0.2) is 21.1 Å². The molecule has 0 saturated carbocycles. The van der Waals surface area contributed by atoms with Crippen molar-refractivity contribution >= 4 is 17.0 Å². The SMILES string of the molecule is CCCCCc1cnc2nc(N)nc(OC(C)C)c2c1. The van der Waals surface area contributed by atoms with Crippen LogP contribution in [0.1, 0.15) is 45.6 Å². The van der Waals surface area contributed by atoms with Crippen LogP contribution < -0.4 is 10.5 Å². The Kier molecular flexibility index (Phi) is 4.71. The van der Waals surface area contributed by atoms with Crippen molar-refractivity contribution in [3.05, 3.63) is 17.8 Å². The predicted octanol–water partition coefficient (Wildman–Crippen LogP) is 3.13. The second kappa shape index (κ2) is 6.50. The molecule has 5 nitrogen and oxygen atoms in total. The second-order valence-electron chi connectivity index (χ2n) is 5.23. The molecule has 2 heterocycles. The first-order valence-corrected chi connectivity index (χ1v) is 7.19. The molecule has 2 aromatic rings. The summed E-state index contributed by atoms with van der Waals surface area (Å²) in [7, 11) is 0. The number of pyridine rings is 1. The van der Waals surface area contributed by atoms with Gasteiger partial charge in [-0.1, -0.05) is 19.8 Å². The Morgan fingerprint density at radius 1 is 1.25 bits per heavy atom. The highest BCUT2D eigenvalue weighted by molar-refractivity contribution is 5.81. The van der Waals surface area contributed by atoms with Crippen molar-refractivity contribution in [2.75, 3.05) is 5.73 Å². The highest BCUT2D eigenvalue weighted by Crippen LogP contribution is 2.24. The van der Waals surface area contributed by atoms with E-state index < -0.39 is 0 Å². The molecule has 2 rings (SSSR count). The smallest absolute Gasteiger partial charge is 0.228 e. The fourth-order valence-corrected chi connectivity index (χ4v) is 2.07. The predicted molar refractivity (Wildman–Crippen MR) is 80.7 cm³/mol. The van der Waals surface area contributed by atoms with Gasteiger partial charge in [-0.2, -0.15) is 9.97 Å². The lowest BCUT2D eigenvalue weighted by atomic mass is 10.1. The van der Waals surface area contributed by atoms with Crippen LogP contribution in [0.15, 0.2) is 12.3 Å². The van der Waals surface area contributed by atoms with Gasteiger partial charge in [0.1, 0.15) is 0 Å². The average molecular weight is 274 g/mol. The van der Waals surface area contributed by atoms with E-state index in [1.54, 1.807) is 0 Å². The largest absolute Gasteiger partial charge is 0.474 e. The van der Waals surface area contributed by atoms with E-state index in [4.69, 9.17) is 10.5 Å². The van der Waals surface area contributed by atoms with Gasteiger partial charge in [0.2, 0.25) is 11.8 Å². The number of rotatable bonds is 6. The summed E-state index contributed by atoms with van der Waals surface area (Å²) in [4.78, 5) is 12.7. The van der Waals surface area contributed by atoms with E-state index in [-0.39, 0.29) is 12.1 Å². The van der Waals surface area contributed by atoms with E-state index in [9.17, 15) is 0 Å². The summed E-state index contributed by atoms with van der Waals surface area (Å²) < 4.78 is 5.72. The van der Waals surface area contributed by atoms with Crippen molar-refractivity contribution in [1.82, 2.24) is 15.0 Å². The molecule has 20 heavy (non-hydrogen) atoms. The molecule has 0 aromatic carbocycles. The molecule has 2 aromatic heterocycles. The Morgan fingerprint density at radius 2 is 2.05 bits per heavy atom. The summed E-state index contributed by atoms with van der Waals surface area (Å²) in [5, 5.41) is 0.835. The number of nitrogens with zero attached hydrogens (tertiary/aromatic N) is 3. The zero-order chi connectivity index (χ0) is 14.5. The molecule has 0 saturated heterocycles. The highest BCUT2D eigenvalue weighted by atomic mass is 16.5. The number of hydrogen-bond acceptors (Lipinski definition) is 5. The van der Waals surface area contributed by atoms with Gasteiger partial charge in [0, 0.05) is 6.20 Å². The van der Waals surface area contributed by atoms with Crippen LogP contribution in [0, 0.1) is 0 Å². The Bertz CT molecular complexity index is 583. The first-order chi connectivity index (χ1) is 9.60. The summed E-state index contributed by atoms with van der Waals surface area (Å²) in [5.41, 5.74) is 7.47. The minimum absolute atomic E-state index is 0.0382. The summed E-state index contributed by atoms with van der Waals surface area (Å²) >= 11 is 0. The molecular weight excluding hydrogens is 252 g/mol. The van der Waals surface area contributed by atoms with Crippen molar-refractivity contribution < 1.29 is 4.74 Å². The third-order valence-corrected chi connectivity index (χ3v) is 3.01. The zero-order valence-corrected chi connectivity index (χ0v) is 12.4. The molecule has 0 amide bonds. The van der Waals surface area contributed by atoms with Gasteiger partial charge in [0.15, 0.2) is 5.65 Å². The van der Waals surface area contributed by atoms with E-state index in [2.05, 4.69) is 27.9 Å². The number of anilines is 1. The zero-order valence-electron chi connectivity index (χ0n) is 12.4. The maximum Gasteiger partial charge on any atom is 0.228 e. The molecular formula is C15H22N4O. The molecule has 5 heteroatoms. The maximum absolute atomic E-state index is 5.72. The van der Waals surface area contributed by atoms with Crippen molar-refractivity contribution in [1.29, 1.82) is 0 Å². The lowest BCUT2D eigenvalue weighted by Gasteiger charge is -2.12. The minimum Gasteiger partial charge on any atom is -0.474 e. The molecule has 108 valence electrons. The van der Waals surface area contributed by atoms with Crippen molar-refractivity contribution in [2.45, 2.75) is 52.6 Å². The number of hydrogen-bond donors (Lipinski definition) is 1. The molecule has 0 atom stereocenters. The normalized spacial score (nSPS) is 11.2. The quantitative estimate of drug-likeness (QED) is 0.819. The Hall–Kier alpha value is -1.91. The van der Waals surface area contributed by atoms with Crippen molar-refractivity contribution in [3.63, 3.8) is 0 Å². The summed E-state index contributed by atoms with van der Waals surface area (Å²) in [6, 6.07) is 2.06. The van der Waals surface area contributed by atoms with E-state index in [1.165, 1.54) is 24.8 Å². The van der Waals surface area contributed by atoms with Gasteiger partial charge in [-0.3, -0.25) is 0 Å². The van der Waals surface area contributed by atoms with E-state index in [1.807, 2.05) is 20.0 Å². The molecule has 2 N–H and O–H groups in total. The number of aryl methyl sites for hydroxylation is 1. The lowest BCUT2D eigenvalue weighted by molar-refractivity contribution is 0.236. The number of unbranched alkanes of at least 4 members (excludes halogenated alkanes) is 2. The van der Waals surface area contributed by atoms with E-state index in [0.717, 1.165) is 11.8 Å². The van der Waals surface area contributed by atoms with Crippen LogP contribution in [0.4, 0.5) is 5.95 Å². The van der Waals surface area contributed by atoms with Crippen LogP contribution in [-0.2, 0) is 6.42 Å². The number of fused-ring (bicyclic) bond motifs is 1. The third kappa shape index (κ3) is 3.56. The van der Waals surface area contributed by atoms with Gasteiger partial charge in [-0.25, -0.2) is 4.98 Å². The Morgan fingerprint density at radius 3 is 2.75 bits per heavy atom. The third-order valence-electron chi connectivity index (χ3n) is 3.01. The number of nitrogens with two attached hydrogens (primary N) is 1. The van der Waals surface area contributed by atoms with Crippen molar-refractivity contribution in [2.24, 2.45) is 0 Å². The van der Waals surface area contributed by atoms with E-state index in [0.29, 0.717) is 11.5 Å². The number of ether oxygens (including phenoxy) is 1. The molecule has 0 unspecified atom stereocenters. The average Bonchev–Trinajstić information content (AvgIpc) is 2.39. The fourth-order valence-electron chi connectivity index (χ4n) is 2.07. The van der Waals surface area contributed by atoms with Gasteiger partial charge in [0.25, 0.3) is 0 Å². The highest BCUT2D eigenvalue weighted by Gasteiger charge is 2.11. The lowest BCUT2D eigenvalue weighted by Crippen LogP contribution is -2.09. The summed E-state index contributed by atoms with van der Waals surface area (Å²) in [5.74, 6) is 0.715. The standard InChI is InChI=1S/C15H22N4O/c1-4-5-6-7-11-8-12-13(17-9-11)18-15(16)19-14(12)20-10(2)3/h8-10H,4-7H2,1-3H3,(H2,16,17,18,19). The second-order valence-corrected chi connectivity index (χ2v) is 5.23. The van der Waals surface area contributed by atoms with Crippen molar-refractivity contribution in [3.8, 4) is 5.88 Å². The molecule has 0 fully saturated rings. The molecule has 0 radical (unpaired) electrons. The Balaban J connectivity index is 2.35. The summed E-state index contributed by atoms with van der Waals surface area (Å²) in [6.45, 7) is 6.12. The fraction of sp³-hybridized carbons (Fsp3) is 0.533. The number of nitrogen functional groups attached to an aromatic ring is 1. The summed E-state index contributed by atoms with van der Waals surface area (Å²) in [6.07, 6.45) is 6.52. The maximum atomic E-state index is 5.72. The van der Waals surface area contributed by atoms with Gasteiger partial charge >= 0.3 is 0 Å². The molecule has 0 spiro atoms. The van der Waals surface area contributed by atoms with Crippen LogP contribution in [0.5, 0.6) is 5.88 Å². The van der Waals surface area contributed by atoms with Gasteiger partial charge < -0.3 is 10.5 Å². The Labute approximate surface area is 119 Å².